The van der Waals surface area contributed by atoms with E-state index in [0.29, 0.717) is 12.6 Å². The van der Waals surface area contributed by atoms with Crippen molar-refractivity contribution in [2.45, 2.75) is 46.2 Å². The van der Waals surface area contributed by atoms with E-state index in [4.69, 9.17) is 9.73 Å². The molecule has 28 heavy (non-hydrogen) atoms. The highest BCUT2D eigenvalue weighted by Crippen LogP contribution is 2.24. The first-order valence-electron chi connectivity index (χ1n) is 9.95. The Morgan fingerprint density at radius 3 is 2.96 bits per heavy atom. The number of guanidine groups is 1. The number of aromatic nitrogens is 1. The molecule has 0 saturated carbocycles. The minimum Gasteiger partial charge on any atom is -0.497 e. The van der Waals surface area contributed by atoms with Gasteiger partial charge in [0.15, 0.2) is 5.96 Å². The van der Waals surface area contributed by atoms with Crippen molar-refractivity contribution >= 4 is 23.0 Å². The summed E-state index contributed by atoms with van der Waals surface area (Å²) >= 11 is 1.73. The molecule has 2 N–H and O–H groups in total. The first-order valence-corrected chi connectivity index (χ1v) is 10.8. The molecule has 1 atom stereocenters. The van der Waals surface area contributed by atoms with Crippen LogP contribution in [0.4, 0.5) is 5.69 Å². The standard InChI is InChI=1S/C21H31N5OS/c1-5-22-21(23-13-20-24-15(2)16(3)28-20)25-17-8-7-11-26(14-17)18-9-6-10-19(12-18)27-4/h6,9-10,12,17H,5,7-8,11,13-14H2,1-4H3,(H2,22,23,25). The Labute approximate surface area is 172 Å². The number of methoxy groups -OCH3 is 1. The van der Waals surface area contributed by atoms with Crippen LogP contribution in [0.25, 0.3) is 0 Å². The minimum atomic E-state index is 0.359. The van der Waals surface area contributed by atoms with Gasteiger partial charge in [0.1, 0.15) is 10.8 Å². The van der Waals surface area contributed by atoms with Crippen LogP contribution in [0.3, 0.4) is 0 Å². The second-order valence-corrected chi connectivity index (χ2v) is 8.36. The number of anilines is 1. The zero-order chi connectivity index (χ0) is 19.9. The van der Waals surface area contributed by atoms with Crippen molar-refractivity contribution in [1.82, 2.24) is 15.6 Å². The van der Waals surface area contributed by atoms with Crippen LogP contribution in [0.15, 0.2) is 29.3 Å². The van der Waals surface area contributed by atoms with Gasteiger partial charge in [-0.3, -0.25) is 0 Å². The fraction of sp³-hybridized carbons (Fsp3) is 0.524. The zero-order valence-corrected chi connectivity index (χ0v) is 18.1. The van der Waals surface area contributed by atoms with Gasteiger partial charge in [-0.1, -0.05) is 6.07 Å². The Morgan fingerprint density at radius 1 is 1.39 bits per heavy atom. The summed E-state index contributed by atoms with van der Waals surface area (Å²) in [5.74, 6) is 1.77. The van der Waals surface area contributed by atoms with Crippen molar-refractivity contribution in [3.8, 4) is 5.75 Å². The van der Waals surface area contributed by atoms with E-state index in [2.05, 4.69) is 59.5 Å². The summed E-state index contributed by atoms with van der Waals surface area (Å²) in [4.78, 5) is 13.0. The van der Waals surface area contributed by atoms with Gasteiger partial charge in [-0.2, -0.15) is 0 Å². The summed E-state index contributed by atoms with van der Waals surface area (Å²) in [5.41, 5.74) is 2.32. The van der Waals surface area contributed by atoms with Crippen LogP contribution in [0.1, 0.15) is 35.3 Å². The van der Waals surface area contributed by atoms with Gasteiger partial charge >= 0.3 is 0 Å². The molecule has 1 aliphatic rings. The SMILES string of the molecule is CCNC(=NCc1nc(C)c(C)s1)NC1CCCN(c2cccc(OC)c2)C1. The Bertz CT molecular complexity index is 784. The van der Waals surface area contributed by atoms with Gasteiger partial charge in [0.2, 0.25) is 0 Å². The first kappa shape index (κ1) is 20.5. The molecule has 0 bridgehead atoms. The van der Waals surface area contributed by atoms with E-state index in [1.165, 1.54) is 10.6 Å². The molecule has 6 nitrogen and oxygen atoms in total. The maximum atomic E-state index is 5.38. The number of rotatable bonds is 6. The number of hydrogen-bond donors (Lipinski definition) is 2. The quantitative estimate of drug-likeness (QED) is 0.573. The predicted octanol–water partition coefficient (Wildman–Crippen LogP) is 3.49. The normalized spacial score (nSPS) is 17.5. The van der Waals surface area contributed by atoms with Crippen LogP contribution >= 0.6 is 11.3 Å². The lowest BCUT2D eigenvalue weighted by atomic mass is 10.0. The number of hydrogen-bond acceptors (Lipinski definition) is 5. The van der Waals surface area contributed by atoms with Crippen molar-refractivity contribution in [1.29, 1.82) is 0 Å². The number of ether oxygens (including phenoxy) is 1. The van der Waals surface area contributed by atoms with Gasteiger partial charge in [-0.05, 0) is 45.7 Å². The van der Waals surface area contributed by atoms with Crippen molar-refractivity contribution in [2.24, 2.45) is 4.99 Å². The van der Waals surface area contributed by atoms with Crippen LogP contribution in [0.5, 0.6) is 5.75 Å². The van der Waals surface area contributed by atoms with E-state index in [1.54, 1.807) is 18.4 Å². The number of aliphatic imine (C=N–C) groups is 1. The van der Waals surface area contributed by atoms with Crippen molar-refractivity contribution in [3.63, 3.8) is 0 Å². The van der Waals surface area contributed by atoms with Crippen LogP contribution in [-0.4, -0.2) is 43.7 Å². The van der Waals surface area contributed by atoms with Gasteiger partial charge in [0, 0.05) is 42.3 Å². The summed E-state index contributed by atoms with van der Waals surface area (Å²) in [7, 11) is 1.71. The van der Waals surface area contributed by atoms with Gasteiger partial charge in [0.25, 0.3) is 0 Å². The average Bonchev–Trinajstić information content (AvgIpc) is 3.04. The summed E-state index contributed by atoms with van der Waals surface area (Å²) in [6.45, 7) is 9.73. The molecule has 2 heterocycles. The molecule has 7 heteroatoms. The fourth-order valence-corrected chi connectivity index (χ4v) is 4.26. The largest absolute Gasteiger partial charge is 0.497 e. The van der Waals surface area contributed by atoms with Gasteiger partial charge < -0.3 is 20.3 Å². The van der Waals surface area contributed by atoms with E-state index >= 15 is 0 Å². The summed E-state index contributed by atoms with van der Waals surface area (Å²) in [6.07, 6.45) is 2.29. The average molecular weight is 402 g/mol. The number of nitrogens with one attached hydrogen (secondary N) is 2. The van der Waals surface area contributed by atoms with Crippen LogP contribution in [-0.2, 0) is 6.54 Å². The van der Waals surface area contributed by atoms with Crippen LogP contribution < -0.4 is 20.3 Å². The lowest BCUT2D eigenvalue weighted by Crippen LogP contribution is -2.51. The number of thiazole rings is 1. The van der Waals surface area contributed by atoms with E-state index in [1.807, 2.05) is 6.07 Å². The maximum Gasteiger partial charge on any atom is 0.191 e. The molecule has 1 unspecified atom stereocenters. The third-order valence-electron chi connectivity index (χ3n) is 4.97. The molecule has 1 saturated heterocycles. The predicted molar refractivity (Wildman–Crippen MR) is 118 cm³/mol. The Morgan fingerprint density at radius 2 is 2.25 bits per heavy atom. The molecule has 152 valence electrons. The molecular weight excluding hydrogens is 370 g/mol. The first-order chi connectivity index (χ1) is 13.6. The molecule has 1 fully saturated rings. The van der Waals surface area contributed by atoms with Crippen LogP contribution in [0.2, 0.25) is 0 Å². The minimum absolute atomic E-state index is 0.359. The molecule has 0 amide bonds. The molecule has 0 radical (unpaired) electrons. The monoisotopic (exact) mass is 401 g/mol. The third-order valence-corrected chi connectivity index (χ3v) is 6.03. The molecule has 2 aromatic rings. The third kappa shape index (κ3) is 5.38. The molecule has 0 aliphatic carbocycles. The summed E-state index contributed by atoms with van der Waals surface area (Å²) in [5, 5.41) is 8.06. The maximum absolute atomic E-state index is 5.38. The number of piperidine rings is 1. The zero-order valence-electron chi connectivity index (χ0n) is 17.3. The summed E-state index contributed by atoms with van der Waals surface area (Å²) in [6, 6.07) is 8.65. The second kappa shape index (κ2) is 9.78. The topological polar surface area (TPSA) is 61.8 Å². The highest BCUT2D eigenvalue weighted by molar-refractivity contribution is 7.11. The van der Waals surface area contributed by atoms with Crippen molar-refractivity contribution in [2.75, 3.05) is 31.6 Å². The molecule has 1 aromatic carbocycles. The molecular formula is C21H31N5OS. The highest BCUT2D eigenvalue weighted by Gasteiger charge is 2.21. The lowest BCUT2D eigenvalue weighted by molar-refractivity contribution is 0.414. The number of benzene rings is 1. The second-order valence-electron chi connectivity index (χ2n) is 7.08. The van der Waals surface area contributed by atoms with E-state index < -0.39 is 0 Å². The molecule has 1 aliphatic heterocycles. The van der Waals surface area contributed by atoms with Gasteiger partial charge in [-0.15, -0.1) is 11.3 Å². The Hall–Kier alpha value is -2.28. The van der Waals surface area contributed by atoms with Crippen LogP contribution in [0, 0.1) is 13.8 Å². The Kier molecular flexibility index (Phi) is 7.14. The number of aryl methyl sites for hydroxylation is 2. The lowest BCUT2D eigenvalue weighted by Gasteiger charge is -2.35. The Balaban J connectivity index is 1.64. The van der Waals surface area contributed by atoms with Gasteiger partial charge in [0.05, 0.1) is 19.3 Å². The molecule has 0 spiro atoms. The van der Waals surface area contributed by atoms with E-state index in [9.17, 15) is 0 Å². The van der Waals surface area contributed by atoms with E-state index in [0.717, 1.165) is 54.9 Å². The van der Waals surface area contributed by atoms with E-state index in [-0.39, 0.29) is 0 Å². The van der Waals surface area contributed by atoms with Gasteiger partial charge in [-0.25, -0.2) is 9.98 Å². The van der Waals surface area contributed by atoms with Crippen molar-refractivity contribution in [3.05, 3.63) is 39.8 Å². The summed E-state index contributed by atoms with van der Waals surface area (Å²) < 4.78 is 5.38. The van der Waals surface area contributed by atoms with Crippen molar-refractivity contribution < 1.29 is 4.74 Å². The molecule has 3 rings (SSSR count). The number of nitrogens with zero attached hydrogens (tertiary/aromatic N) is 3. The highest BCUT2D eigenvalue weighted by atomic mass is 32.1. The fourth-order valence-electron chi connectivity index (χ4n) is 3.40. The molecule has 1 aromatic heterocycles. The smallest absolute Gasteiger partial charge is 0.191 e.